The van der Waals surface area contributed by atoms with Gasteiger partial charge < -0.3 is 19.9 Å². The summed E-state index contributed by atoms with van der Waals surface area (Å²) in [6, 6.07) is 13.9. The number of amides is 1. The van der Waals surface area contributed by atoms with Crippen LogP contribution in [0.3, 0.4) is 0 Å². The summed E-state index contributed by atoms with van der Waals surface area (Å²) < 4.78 is 82.2. The molecule has 0 bridgehead atoms. The van der Waals surface area contributed by atoms with Crippen LogP contribution in [0.5, 0.6) is 0 Å². The maximum Gasteiger partial charge on any atom is 0.261 e. The van der Waals surface area contributed by atoms with Crippen LogP contribution in [0.1, 0.15) is 71.5 Å². The number of halogens is 5. The first-order chi connectivity index (χ1) is 21.2. The van der Waals surface area contributed by atoms with Crippen molar-refractivity contribution in [2.45, 2.75) is 63.3 Å². The molecule has 3 aromatic rings. The third-order valence-electron chi connectivity index (χ3n) is 8.11. The van der Waals surface area contributed by atoms with Crippen LogP contribution in [0, 0.1) is 29.1 Å². The van der Waals surface area contributed by atoms with Gasteiger partial charge in [0.1, 0.15) is 5.56 Å². The molecule has 0 spiro atoms. The molecule has 3 atom stereocenters. The standard InChI is InChI=1S/C33H33F5N2O4/c1-2-14-40(23-8-3-4-9-23)17-24-16-25(20-12-10-19(18-41)11-13-20)44-33(43-24)21-6-5-7-22(15-21)39-32(42)26-27(34)29(36)31(38)30(37)28(26)35/h2,5-7,10-13,15,23-25,33,41H,1,3-4,8-9,14,16-18H2,(H,39,42). The number of nitrogens with zero attached hydrogens (tertiary/aromatic N) is 1. The van der Waals surface area contributed by atoms with E-state index in [9.17, 15) is 31.9 Å². The van der Waals surface area contributed by atoms with Gasteiger partial charge in [-0.05, 0) is 36.1 Å². The fourth-order valence-corrected chi connectivity index (χ4v) is 5.86. The SMILES string of the molecule is C=CCN(CC1CC(c2ccc(CO)cc2)OC(c2cccc(NC(=O)c3c(F)c(F)c(F)c(F)c3F)c2)O1)C1CCCC1. The van der Waals surface area contributed by atoms with Gasteiger partial charge in [0.15, 0.2) is 29.6 Å². The van der Waals surface area contributed by atoms with Gasteiger partial charge in [0.05, 0.1) is 18.8 Å². The van der Waals surface area contributed by atoms with Crippen LogP contribution in [0.4, 0.5) is 27.6 Å². The lowest BCUT2D eigenvalue weighted by molar-refractivity contribution is -0.253. The normalized spacial score (nSPS) is 20.7. The average Bonchev–Trinajstić information content (AvgIpc) is 3.58. The van der Waals surface area contributed by atoms with E-state index < -0.39 is 46.8 Å². The number of aliphatic hydroxyl groups is 1. The zero-order valence-corrected chi connectivity index (χ0v) is 23.9. The van der Waals surface area contributed by atoms with Crippen LogP contribution in [0.15, 0.2) is 61.2 Å². The van der Waals surface area contributed by atoms with Crippen molar-refractivity contribution in [2.24, 2.45) is 0 Å². The van der Waals surface area contributed by atoms with Gasteiger partial charge in [0.2, 0.25) is 5.82 Å². The topological polar surface area (TPSA) is 71.0 Å². The molecule has 1 heterocycles. The minimum atomic E-state index is -2.35. The van der Waals surface area contributed by atoms with Gasteiger partial charge in [-0.25, -0.2) is 22.0 Å². The fourth-order valence-electron chi connectivity index (χ4n) is 5.86. The summed E-state index contributed by atoms with van der Waals surface area (Å²) in [5.74, 6) is -12.7. The molecule has 3 unspecified atom stereocenters. The summed E-state index contributed by atoms with van der Waals surface area (Å²) in [6.45, 7) is 5.14. The number of nitrogens with one attached hydrogen (secondary N) is 1. The number of rotatable bonds is 10. The van der Waals surface area contributed by atoms with Gasteiger partial charge in [-0.3, -0.25) is 9.69 Å². The minimum Gasteiger partial charge on any atom is -0.392 e. The smallest absolute Gasteiger partial charge is 0.261 e. The first-order valence-electron chi connectivity index (χ1n) is 14.5. The van der Waals surface area contributed by atoms with Crippen molar-refractivity contribution in [1.82, 2.24) is 4.90 Å². The van der Waals surface area contributed by atoms with Gasteiger partial charge in [-0.1, -0.05) is 55.3 Å². The van der Waals surface area contributed by atoms with Crippen LogP contribution in [0.2, 0.25) is 0 Å². The van der Waals surface area contributed by atoms with Crippen molar-refractivity contribution in [3.8, 4) is 0 Å². The summed E-state index contributed by atoms with van der Waals surface area (Å²) in [6.07, 6.45) is 5.39. The molecule has 0 aromatic heterocycles. The molecule has 0 radical (unpaired) electrons. The predicted molar refractivity (Wildman–Crippen MR) is 153 cm³/mol. The largest absolute Gasteiger partial charge is 0.392 e. The van der Waals surface area contributed by atoms with E-state index in [1.807, 2.05) is 30.3 Å². The monoisotopic (exact) mass is 616 g/mol. The third kappa shape index (κ3) is 6.86. The van der Waals surface area contributed by atoms with Gasteiger partial charge in [0.25, 0.3) is 5.91 Å². The number of carbonyl (C=O) groups is 1. The minimum absolute atomic E-state index is 0.0360. The molecule has 11 heteroatoms. The molecular formula is C33H33F5N2O4. The second-order valence-corrected chi connectivity index (χ2v) is 11.1. The number of hydrogen-bond donors (Lipinski definition) is 2. The number of aliphatic hydroxyl groups excluding tert-OH is 1. The number of hydrogen-bond acceptors (Lipinski definition) is 5. The molecule has 6 nitrogen and oxygen atoms in total. The highest BCUT2D eigenvalue weighted by atomic mass is 19.2. The predicted octanol–water partition coefficient (Wildman–Crippen LogP) is 7.10. The molecule has 1 amide bonds. The Morgan fingerprint density at radius 3 is 2.23 bits per heavy atom. The summed E-state index contributed by atoms with van der Waals surface area (Å²) in [4.78, 5) is 15.0. The lowest BCUT2D eigenvalue weighted by Gasteiger charge is -2.39. The van der Waals surface area contributed by atoms with Crippen molar-refractivity contribution in [3.63, 3.8) is 0 Å². The van der Waals surface area contributed by atoms with E-state index in [-0.39, 0.29) is 24.5 Å². The zero-order chi connectivity index (χ0) is 31.4. The fraction of sp³-hybridized carbons (Fsp3) is 0.364. The van der Waals surface area contributed by atoms with Gasteiger partial charge in [0, 0.05) is 36.8 Å². The third-order valence-corrected chi connectivity index (χ3v) is 8.11. The molecule has 3 aromatic carbocycles. The zero-order valence-electron chi connectivity index (χ0n) is 23.9. The maximum atomic E-state index is 14.2. The summed E-state index contributed by atoms with van der Waals surface area (Å²) >= 11 is 0. The van der Waals surface area contributed by atoms with E-state index in [4.69, 9.17) is 9.47 Å². The molecule has 1 saturated heterocycles. The quantitative estimate of drug-likeness (QED) is 0.110. The van der Waals surface area contributed by atoms with Crippen molar-refractivity contribution in [3.05, 3.63) is 113 Å². The Morgan fingerprint density at radius 1 is 0.932 bits per heavy atom. The highest BCUT2D eigenvalue weighted by molar-refractivity contribution is 6.04. The Morgan fingerprint density at radius 2 is 1.59 bits per heavy atom. The number of carbonyl (C=O) groups excluding carboxylic acids is 1. The van der Waals surface area contributed by atoms with Crippen LogP contribution in [-0.4, -0.2) is 41.1 Å². The molecule has 5 rings (SSSR count). The Kier molecular flexibility index (Phi) is 10.1. The van der Waals surface area contributed by atoms with Gasteiger partial charge in [-0.15, -0.1) is 6.58 Å². The average molecular weight is 617 g/mol. The van der Waals surface area contributed by atoms with E-state index in [1.165, 1.54) is 25.0 Å². The molecule has 2 aliphatic rings. The Balaban J connectivity index is 1.40. The van der Waals surface area contributed by atoms with E-state index in [0.717, 1.165) is 24.0 Å². The van der Waals surface area contributed by atoms with Crippen LogP contribution >= 0.6 is 0 Å². The Hall–Kier alpha value is -3.64. The van der Waals surface area contributed by atoms with Crippen molar-refractivity contribution in [2.75, 3.05) is 18.4 Å². The molecule has 2 N–H and O–H groups in total. The number of ether oxygens (including phenoxy) is 2. The second kappa shape index (κ2) is 14.0. The highest BCUT2D eigenvalue weighted by Gasteiger charge is 2.35. The number of benzene rings is 3. The number of anilines is 1. The van der Waals surface area contributed by atoms with Crippen molar-refractivity contribution in [1.29, 1.82) is 0 Å². The summed E-state index contributed by atoms with van der Waals surface area (Å²) in [5, 5.41) is 11.7. The molecule has 2 fully saturated rings. The maximum absolute atomic E-state index is 14.2. The van der Waals surface area contributed by atoms with Crippen LogP contribution < -0.4 is 5.32 Å². The van der Waals surface area contributed by atoms with E-state index >= 15 is 0 Å². The van der Waals surface area contributed by atoms with Crippen LogP contribution in [-0.2, 0) is 16.1 Å². The first-order valence-corrected chi connectivity index (χ1v) is 14.5. The lowest BCUT2D eigenvalue weighted by atomic mass is 9.99. The van der Waals surface area contributed by atoms with Gasteiger partial charge >= 0.3 is 0 Å². The molecule has 1 saturated carbocycles. The van der Waals surface area contributed by atoms with Crippen LogP contribution in [0.25, 0.3) is 0 Å². The van der Waals surface area contributed by atoms with E-state index in [0.29, 0.717) is 31.1 Å². The molecule has 1 aliphatic carbocycles. The molecule has 1 aliphatic heterocycles. The molecular weight excluding hydrogens is 583 g/mol. The molecule has 44 heavy (non-hydrogen) atoms. The van der Waals surface area contributed by atoms with E-state index in [2.05, 4.69) is 16.8 Å². The van der Waals surface area contributed by atoms with Crippen molar-refractivity contribution >= 4 is 11.6 Å². The summed E-state index contributed by atoms with van der Waals surface area (Å²) in [5.41, 5.74) is 0.557. The highest BCUT2D eigenvalue weighted by Crippen LogP contribution is 2.39. The second-order valence-electron chi connectivity index (χ2n) is 11.1. The molecule has 234 valence electrons. The lowest BCUT2D eigenvalue weighted by Crippen LogP contribution is -2.43. The first kappa shape index (κ1) is 31.8. The van der Waals surface area contributed by atoms with E-state index in [1.54, 1.807) is 12.1 Å². The Labute approximate surface area is 252 Å². The Bertz CT molecular complexity index is 1470. The van der Waals surface area contributed by atoms with Crippen molar-refractivity contribution < 1.29 is 41.3 Å². The summed E-state index contributed by atoms with van der Waals surface area (Å²) in [7, 11) is 0. The van der Waals surface area contributed by atoms with Gasteiger partial charge in [-0.2, -0.15) is 0 Å².